The number of ether oxygens (including phenoxy) is 1. The fourth-order valence-electron chi connectivity index (χ4n) is 12.2. The molecule has 5 aromatic carbocycles. The summed E-state index contributed by atoms with van der Waals surface area (Å²) in [7, 11) is 68.2. The number of rotatable bonds is 14. The summed E-state index contributed by atoms with van der Waals surface area (Å²) in [6.07, 6.45) is 1.25. The van der Waals surface area contributed by atoms with Crippen molar-refractivity contribution in [1.82, 2.24) is 39.9 Å². The smallest absolute Gasteiger partial charge is 0.168 e. The number of nitrogens with zero attached hydrogens (tertiary/aromatic N) is 6. The highest BCUT2D eigenvalue weighted by atomic mass is 16.5. The van der Waals surface area contributed by atoms with E-state index in [0.717, 1.165) is 49.4 Å². The lowest BCUT2D eigenvalue weighted by molar-refractivity contribution is 0.469. The van der Waals surface area contributed by atoms with Gasteiger partial charge in [-0.3, -0.25) is 0 Å². The van der Waals surface area contributed by atoms with Gasteiger partial charge in [0.2, 0.25) is 0 Å². The standard InChI is InChI=1S/C47H28B18N8O/c48-57-42-45(60-51,63(42)54)18-21-16-22(19-46(61-52)43(58-49)64(46)55)33(23(17-21)20-47(62-53)44(59-50)65(47)56)74-31-15-7-14-30-32(31)41-72-39-29-13-6-5-12-28(29)37(70-39)68-35-25-9-2-1-8-24(25)34(66-35)67-36-26-10-3-4-11-27(26)38(69-36)71-40(30)73-41/h1-17,42-44H,18-20H2,(H2,66,67,68,69,70,71,72,73)/i57+0,58+0,59+0,60+0,61+0,62+0,63+0,64+0,65+0. The molecule has 0 saturated carbocycles. The van der Waals surface area contributed by atoms with E-state index in [-0.39, 0.29) is 37.0 Å². The third kappa shape index (κ3) is 7.30. The Kier molecular flexibility index (Phi) is 11.7. The van der Waals surface area contributed by atoms with Crippen molar-refractivity contribution >= 4 is 177 Å². The molecule has 24 radical (unpaired) electrons. The molecule has 8 bridgehead atoms. The van der Waals surface area contributed by atoms with Crippen molar-refractivity contribution < 1.29 is 4.74 Å². The summed E-state index contributed by atoms with van der Waals surface area (Å²) in [5, 5.41) is 1.59. The van der Waals surface area contributed by atoms with Crippen LogP contribution in [-0.2, 0) is 19.3 Å². The molecule has 3 aromatic heterocycles. The lowest BCUT2D eigenvalue weighted by atomic mass is 9.38. The third-order valence-corrected chi connectivity index (χ3v) is 16.7. The molecule has 8 heterocycles. The fourth-order valence-corrected chi connectivity index (χ4v) is 12.2. The van der Waals surface area contributed by atoms with Crippen molar-refractivity contribution in [3.8, 4) is 57.1 Å². The molecule has 74 heavy (non-hydrogen) atoms. The molecule has 13 rings (SSSR count). The van der Waals surface area contributed by atoms with Crippen molar-refractivity contribution in [3.05, 3.63) is 120 Å². The van der Waals surface area contributed by atoms with Crippen molar-refractivity contribution in [3.63, 3.8) is 0 Å². The normalized spacial score (nSPS) is 22.9. The van der Waals surface area contributed by atoms with E-state index in [4.69, 9.17) is 104 Å². The van der Waals surface area contributed by atoms with Gasteiger partial charge in [-0.1, -0.05) is 97.1 Å². The van der Waals surface area contributed by atoms with Crippen LogP contribution in [0, 0.1) is 0 Å². The first-order valence-electron chi connectivity index (χ1n) is 24.7. The van der Waals surface area contributed by atoms with E-state index in [9.17, 15) is 0 Å². The Bertz CT molecular complexity index is 3740. The highest BCUT2D eigenvalue weighted by Crippen LogP contribution is 2.66. The van der Waals surface area contributed by atoms with Gasteiger partial charge in [-0.25, -0.2) is 29.9 Å². The Balaban J connectivity index is 1.05. The first kappa shape index (κ1) is 48.1. The molecule has 27 heteroatoms. The lowest BCUT2D eigenvalue weighted by Gasteiger charge is -2.27. The van der Waals surface area contributed by atoms with E-state index in [2.05, 4.69) is 22.1 Å². The number of aromatic amines is 2. The van der Waals surface area contributed by atoms with Gasteiger partial charge in [-0.2, -0.15) is 0 Å². The molecule has 0 spiro atoms. The molecule has 8 aromatic rings. The molecule has 5 aliphatic heterocycles. The van der Waals surface area contributed by atoms with Crippen LogP contribution in [0.3, 0.4) is 0 Å². The summed E-state index contributed by atoms with van der Waals surface area (Å²) in [5.41, 5.74) is 7.36. The number of benzene rings is 5. The first-order chi connectivity index (χ1) is 36.0. The molecule has 316 valence electrons. The Hall–Kier alpha value is -5.57. The van der Waals surface area contributed by atoms with E-state index < -0.39 is 15.6 Å². The summed E-state index contributed by atoms with van der Waals surface area (Å²) in [5.74, 6) is 2.65. The van der Waals surface area contributed by atoms with Crippen LogP contribution < -0.4 is 4.74 Å². The minimum absolute atomic E-state index is 0.120. The summed E-state index contributed by atoms with van der Waals surface area (Å²) < 4.78 is 7.45. The number of fused-ring (bicyclic) bond motifs is 20. The Morgan fingerprint density at radius 2 is 0.851 bits per heavy atom. The maximum atomic E-state index is 7.45. The van der Waals surface area contributed by atoms with Gasteiger partial charge in [0.25, 0.3) is 0 Å². The SMILES string of the molecule is [B][11B]C1[11B]([B])C1([11B][B])Cc1cc(CC2([11B][B])[11B]([B])C2[11B][B])c(Oc2cccc3c2-c2nc4nc(nc5[nH]c(nc6[nH]c(nc-3n2)c2ccccc62)c2ccccc52)-c2ccccc2-4)c(CC2([11B][B])[11B]([B])C2[11B][B])c1. The second kappa shape index (κ2) is 18.0. The van der Waals surface area contributed by atoms with Gasteiger partial charge in [-0.15, -0.1) is 32.8 Å². The largest absolute Gasteiger partial charge is 0.456 e. The number of aromatic nitrogens is 8. The van der Waals surface area contributed by atoms with Gasteiger partial charge >= 0.3 is 0 Å². The number of hydrogen-bond donors (Lipinski definition) is 2. The fraction of sp³-hybridized carbons (Fsp3) is 0.191. The quantitative estimate of drug-likeness (QED) is 0.160. The van der Waals surface area contributed by atoms with Crippen molar-refractivity contribution in [2.75, 3.05) is 0 Å². The van der Waals surface area contributed by atoms with Gasteiger partial charge in [0.15, 0.2) is 23.3 Å². The summed E-state index contributed by atoms with van der Waals surface area (Å²) in [6.45, 7) is -0.951. The molecule has 6 unspecified atom stereocenters. The Labute approximate surface area is 447 Å². The molecule has 6 atom stereocenters. The van der Waals surface area contributed by atoms with Gasteiger partial charge in [0, 0.05) is 129 Å². The molecule has 3 saturated heterocycles. The van der Waals surface area contributed by atoms with Crippen LogP contribution in [0.25, 0.3) is 89.7 Å². The van der Waals surface area contributed by atoms with Crippen LogP contribution in [0.1, 0.15) is 16.7 Å². The summed E-state index contributed by atoms with van der Waals surface area (Å²) in [6, 6.07) is 33.9. The molecule has 0 amide bonds. The maximum Gasteiger partial charge on any atom is 0.168 e. The van der Waals surface area contributed by atoms with Crippen LogP contribution in [0.5, 0.6) is 11.5 Å². The predicted octanol–water partition coefficient (Wildman–Crippen LogP) is 3.61. The Morgan fingerprint density at radius 3 is 1.30 bits per heavy atom. The average Bonchev–Trinajstić information content (AvgIpc) is 4.05. The third-order valence-electron chi connectivity index (χ3n) is 16.7. The van der Waals surface area contributed by atoms with Gasteiger partial charge in [-0.05, 0) is 42.0 Å². The molecular formula is C47H28B18N8O. The average molecular weight is 917 g/mol. The van der Waals surface area contributed by atoms with Crippen molar-refractivity contribution in [2.45, 2.75) is 52.1 Å². The topological polar surface area (TPSA) is 118 Å². The maximum absolute atomic E-state index is 7.45. The van der Waals surface area contributed by atoms with E-state index >= 15 is 0 Å². The molecule has 0 aliphatic carbocycles. The second-order valence-corrected chi connectivity index (χ2v) is 20.4. The second-order valence-electron chi connectivity index (χ2n) is 20.4. The first-order valence-corrected chi connectivity index (χ1v) is 24.7. The zero-order chi connectivity index (χ0) is 50.8. The van der Waals surface area contributed by atoms with Crippen molar-refractivity contribution in [1.29, 1.82) is 0 Å². The van der Waals surface area contributed by atoms with E-state index in [1.165, 1.54) is 0 Å². The summed E-state index contributed by atoms with van der Waals surface area (Å²) in [4.78, 5) is 38.3. The van der Waals surface area contributed by atoms with Crippen LogP contribution >= 0.6 is 0 Å². The van der Waals surface area contributed by atoms with Crippen LogP contribution in [0.4, 0.5) is 0 Å². The number of nitrogens with one attached hydrogen (secondary N) is 2. The molecule has 3 fully saturated rings. The van der Waals surface area contributed by atoms with Gasteiger partial charge < -0.3 is 14.7 Å². The zero-order valence-corrected chi connectivity index (χ0v) is 40.2. The number of hydrogen-bond acceptors (Lipinski definition) is 7. The molecular weight excluding hydrogens is 889 g/mol. The van der Waals surface area contributed by atoms with Crippen LogP contribution in [0.2, 0.25) is 32.8 Å². The molecule has 5 aliphatic rings. The summed E-state index contributed by atoms with van der Waals surface area (Å²) >= 11 is 0. The van der Waals surface area contributed by atoms with E-state index in [1.54, 1.807) is 43.0 Å². The van der Waals surface area contributed by atoms with Crippen molar-refractivity contribution in [2.24, 2.45) is 0 Å². The van der Waals surface area contributed by atoms with Crippen LogP contribution in [0.15, 0.2) is 103 Å². The minimum Gasteiger partial charge on any atom is -0.456 e. The van der Waals surface area contributed by atoms with Gasteiger partial charge in [0.05, 0.1) is 46.9 Å². The van der Waals surface area contributed by atoms with Crippen LogP contribution in [-0.4, -0.2) is 172 Å². The lowest BCUT2D eigenvalue weighted by Crippen LogP contribution is -2.20. The predicted molar refractivity (Wildman–Crippen MR) is 317 cm³/mol. The highest BCUT2D eigenvalue weighted by molar-refractivity contribution is 7.30. The highest BCUT2D eigenvalue weighted by Gasteiger charge is 2.61. The van der Waals surface area contributed by atoms with E-state index in [0.29, 0.717) is 87.8 Å². The monoisotopic (exact) mass is 918 g/mol. The van der Waals surface area contributed by atoms with Gasteiger partial charge in [0.1, 0.15) is 34.1 Å². The number of H-pyrrole nitrogens is 2. The Morgan fingerprint density at radius 1 is 0.459 bits per heavy atom. The zero-order valence-electron chi connectivity index (χ0n) is 40.2. The molecule has 2 N–H and O–H groups in total. The molecule has 9 nitrogen and oxygen atoms in total. The van der Waals surface area contributed by atoms with E-state index in [1.807, 2.05) is 91.0 Å². The minimum atomic E-state index is -0.682.